The number of hydrogen-bond acceptors (Lipinski definition) is 10. The maximum Gasteiger partial charge on any atom is 0.534 e. The van der Waals surface area contributed by atoms with E-state index in [9.17, 15) is 69.6 Å². The highest BCUT2D eigenvalue weighted by Crippen LogP contribution is 2.46. The molecule has 0 unspecified atom stereocenters. The number of benzene rings is 1. The van der Waals surface area contributed by atoms with Crippen LogP contribution in [0.5, 0.6) is 17.2 Å². The minimum Gasteiger partial charge on any atom is -0.372 e. The van der Waals surface area contributed by atoms with Crippen molar-refractivity contribution in [3.05, 3.63) is 17.7 Å². The van der Waals surface area contributed by atoms with Gasteiger partial charge in [-0.05, 0) is 19.1 Å². The van der Waals surface area contributed by atoms with E-state index in [1.165, 1.54) is 0 Å². The molecule has 0 radical (unpaired) electrons. The van der Waals surface area contributed by atoms with Gasteiger partial charge in [-0.1, -0.05) is 0 Å². The Balaban J connectivity index is 4.05. The molecule has 190 valence electrons. The summed E-state index contributed by atoms with van der Waals surface area (Å²) in [6, 6.07) is -0.0911. The molecule has 1 rings (SSSR count). The van der Waals surface area contributed by atoms with Gasteiger partial charge in [0.1, 0.15) is 0 Å². The summed E-state index contributed by atoms with van der Waals surface area (Å²) in [4.78, 5) is 11.5. The van der Waals surface area contributed by atoms with Crippen LogP contribution in [0, 0.1) is 0 Å². The Bertz CT molecular complexity index is 1260. The summed E-state index contributed by atoms with van der Waals surface area (Å²) in [5.41, 5.74) is -20.6. The molecule has 22 heteroatoms. The van der Waals surface area contributed by atoms with Gasteiger partial charge in [0.15, 0.2) is 11.5 Å². The van der Waals surface area contributed by atoms with Crippen molar-refractivity contribution < 1.29 is 82.1 Å². The Morgan fingerprint density at radius 2 is 0.970 bits per heavy atom. The topological polar surface area (TPSA) is 147 Å². The van der Waals surface area contributed by atoms with Crippen LogP contribution in [-0.4, -0.2) is 47.6 Å². The molecule has 0 fully saturated rings. The zero-order chi connectivity index (χ0) is 26.4. The number of ketones is 1. The van der Waals surface area contributed by atoms with E-state index >= 15 is 0 Å². The summed E-state index contributed by atoms with van der Waals surface area (Å²) < 4.78 is 191. The molecular formula is C11H5F9O10S3. The van der Waals surface area contributed by atoms with Crippen LogP contribution in [0.3, 0.4) is 0 Å². The second kappa shape index (κ2) is 8.38. The number of Topliss-reactive ketones (excluding diaryl/α,β-unsaturated/α-hetero) is 1. The average molecular weight is 564 g/mol. The first-order chi connectivity index (χ1) is 14.3. The van der Waals surface area contributed by atoms with Crippen LogP contribution in [0.15, 0.2) is 12.1 Å². The Morgan fingerprint density at radius 3 is 1.30 bits per heavy atom. The van der Waals surface area contributed by atoms with E-state index < -0.39 is 75.5 Å². The van der Waals surface area contributed by atoms with Crippen LogP contribution in [0.4, 0.5) is 39.5 Å². The monoisotopic (exact) mass is 564 g/mol. The second-order valence-corrected chi connectivity index (χ2v) is 9.89. The molecule has 0 aliphatic carbocycles. The van der Waals surface area contributed by atoms with Crippen molar-refractivity contribution in [2.75, 3.05) is 0 Å². The van der Waals surface area contributed by atoms with E-state index in [4.69, 9.17) is 0 Å². The zero-order valence-electron chi connectivity index (χ0n) is 14.9. The van der Waals surface area contributed by atoms with Gasteiger partial charge in [0, 0.05) is 0 Å². The van der Waals surface area contributed by atoms with Gasteiger partial charge < -0.3 is 12.5 Å². The van der Waals surface area contributed by atoms with Crippen molar-refractivity contribution in [3.63, 3.8) is 0 Å². The van der Waals surface area contributed by atoms with Gasteiger partial charge in [-0.25, -0.2) is 0 Å². The van der Waals surface area contributed by atoms with Gasteiger partial charge in [0.25, 0.3) is 0 Å². The molecule has 0 spiro atoms. The summed E-state index contributed by atoms with van der Waals surface area (Å²) in [5, 5.41) is 0. The zero-order valence-corrected chi connectivity index (χ0v) is 17.3. The van der Waals surface area contributed by atoms with E-state index in [0.717, 1.165) is 0 Å². The van der Waals surface area contributed by atoms with Crippen LogP contribution in [-0.2, 0) is 30.4 Å². The number of rotatable bonds is 7. The maximum absolute atomic E-state index is 12.6. The standard InChI is InChI=1S/C11H5F9O10S3/c1-4(21)5-2-3-6(28-31(22,23)9(12,13)14)8(30-33(26,27)11(18,19)20)7(5)29-32(24,25)10(15,16)17/h2-3H,1H3. The molecule has 0 aromatic heterocycles. The molecule has 0 saturated heterocycles. The fourth-order valence-corrected chi connectivity index (χ4v) is 2.94. The SMILES string of the molecule is CC(=O)c1ccc(OS(=O)(=O)C(F)(F)F)c(OS(=O)(=O)C(F)(F)F)c1OS(=O)(=O)C(F)(F)F. The van der Waals surface area contributed by atoms with Crippen LogP contribution in [0.2, 0.25) is 0 Å². The lowest BCUT2D eigenvalue weighted by molar-refractivity contribution is -0.0517. The van der Waals surface area contributed by atoms with Gasteiger partial charge in [0.2, 0.25) is 11.5 Å². The molecule has 0 amide bonds. The number of halogens is 9. The second-order valence-electron chi connectivity index (χ2n) is 5.28. The third-order valence-corrected chi connectivity index (χ3v) is 5.76. The number of alkyl halides is 9. The largest absolute Gasteiger partial charge is 0.534 e. The first-order valence-corrected chi connectivity index (χ1v) is 11.3. The number of carbonyl (C=O) groups is 1. The number of carbonyl (C=O) groups excluding carboxylic acids is 1. The predicted molar refractivity (Wildman–Crippen MR) is 83.3 cm³/mol. The first-order valence-electron chi connectivity index (χ1n) is 7.04. The molecule has 33 heavy (non-hydrogen) atoms. The molecule has 0 saturated carbocycles. The highest BCUT2D eigenvalue weighted by atomic mass is 32.2. The lowest BCUT2D eigenvalue weighted by Crippen LogP contribution is -2.32. The van der Waals surface area contributed by atoms with E-state index in [1.54, 1.807) is 0 Å². The van der Waals surface area contributed by atoms with E-state index in [-0.39, 0.29) is 12.1 Å². The Kier molecular flexibility index (Phi) is 7.25. The fourth-order valence-electron chi connectivity index (χ4n) is 1.53. The van der Waals surface area contributed by atoms with Crippen molar-refractivity contribution in [2.24, 2.45) is 0 Å². The highest BCUT2D eigenvalue weighted by molar-refractivity contribution is 7.88. The third kappa shape index (κ3) is 6.10. The summed E-state index contributed by atoms with van der Waals surface area (Å²) in [6.07, 6.45) is 0. The van der Waals surface area contributed by atoms with E-state index in [1.807, 2.05) is 0 Å². The molecule has 0 aliphatic heterocycles. The third-order valence-electron chi connectivity index (χ3n) is 2.89. The van der Waals surface area contributed by atoms with Gasteiger partial charge in [-0.15, -0.1) is 0 Å². The van der Waals surface area contributed by atoms with Gasteiger partial charge in [-0.2, -0.15) is 64.8 Å². The summed E-state index contributed by atoms with van der Waals surface area (Å²) in [7, 11) is -20.8. The molecule has 10 nitrogen and oxygen atoms in total. The van der Waals surface area contributed by atoms with Crippen LogP contribution in [0.1, 0.15) is 17.3 Å². The van der Waals surface area contributed by atoms with Crippen molar-refractivity contribution in [3.8, 4) is 17.2 Å². The molecule has 1 aromatic rings. The Morgan fingerprint density at radius 1 is 0.636 bits per heavy atom. The van der Waals surface area contributed by atoms with Gasteiger partial charge in [0.05, 0.1) is 5.56 Å². The molecule has 0 atom stereocenters. The summed E-state index contributed by atoms with van der Waals surface area (Å²) in [5.74, 6) is -8.75. The lowest BCUT2D eigenvalue weighted by Gasteiger charge is -2.19. The Hall–Kier alpha value is -2.49. The molecule has 0 heterocycles. The fraction of sp³-hybridized carbons (Fsp3) is 0.364. The quantitative estimate of drug-likeness (QED) is 0.210. The van der Waals surface area contributed by atoms with Crippen molar-refractivity contribution in [1.29, 1.82) is 0 Å². The van der Waals surface area contributed by atoms with Crippen LogP contribution in [0.25, 0.3) is 0 Å². The van der Waals surface area contributed by atoms with Gasteiger partial charge in [-0.3, -0.25) is 4.79 Å². The molecule has 1 aromatic carbocycles. The van der Waals surface area contributed by atoms with Crippen LogP contribution >= 0.6 is 0 Å². The number of hydrogen-bond donors (Lipinski definition) is 0. The van der Waals surface area contributed by atoms with E-state index in [0.29, 0.717) is 6.92 Å². The minimum atomic E-state index is -7.04. The predicted octanol–water partition coefficient (Wildman–Crippen LogP) is 2.57. The normalized spacial score (nSPS) is 14.0. The van der Waals surface area contributed by atoms with Crippen molar-refractivity contribution in [2.45, 2.75) is 23.4 Å². The Labute approximate surface area is 177 Å². The van der Waals surface area contributed by atoms with Crippen LogP contribution < -0.4 is 12.5 Å². The molecule has 0 bridgehead atoms. The molecule has 0 aliphatic rings. The van der Waals surface area contributed by atoms with Gasteiger partial charge >= 0.3 is 46.9 Å². The molecular weight excluding hydrogens is 559 g/mol. The lowest BCUT2D eigenvalue weighted by atomic mass is 10.1. The summed E-state index contributed by atoms with van der Waals surface area (Å²) in [6.45, 7) is 0.414. The smallest absolute Gasteiger partial charge is 0.372 e. The molecule has 0 N–H and O–H groups in total. The van der Waals surface area contributed by atoms with E-state index in [2.05, 4.69) is 12.5 Å². The minimum absolute atomic E-state index is 0.0534. The highest BCUT2D eigenvalue weighted by Gasteiger charge is 2.53. The summed E-state index contributed by atoms with van der Waals surface area (Å²) >= 11 is 0. The first kappa shape index (κ1) is 28.5. The van der Waals surface area contributed by atoms with Crippen molar-refractivity contribution in [1.82, 2.24) is 0 Å². The average Bonchev–Trinajstić information content (AvgIpc) is 2.53. The van der Waals surface area contributed by atoms with Crippen molar-refractivity contribution >= 4 is 36.1 Å². The maximum atomic E-state index is 12.6.